The number of hydrogen-bond acceptors (Lipinski definition) is 3. The fraction of sp³-hybridized carbons (Fsp3) is 0.692. The van der Waals surface area contributed by atoms with Gasteiger partial charge in [0, 0.05) is 18.7 Å². The van der Waals surface area contributed by atoms with Crippen LogP contribution in [0.2, 0.25) is 0 Å². The molecule has 3 nitrogen and oxygen atoms in total. The Balaban J connectivity index is 2.05. The Morgan fingerprint density at radius 1 is 1.19 bits per heavy atom. The zero-order valence-corrected chi connectivity index (χ0v) is 10.4. The molecule has 0 aliphatic rings. The number of rotatable bonds is 8. The Morgan fingerprint density at radius 2 is 1.94 bits per heavy atom. The molecule has 0 spiro atoms. The zero-order chi connectivity index (χ0) is 11.8. The van der Waals surface area contributed by atoms with Crippen molar-refractivity contribution in [2.75, 3.05) is 13.2 Å². The van der Waals surface area contributed by atoms with Crippen LogP contribution in [0.5, 0.6) is 0 Å². The minimum atomic E-state index is 0.320. The summed E-state index contributed by atoms with van der Waals surface area (Å²) >= 11 is 0. The Kier molecular flexibility index (Phi) is 6.19. The predicted octanol–water partition coefficient (Wildman–Crippen LogP) is 2.54. The molecule has 1 rings (SSSR count). The van der Waals surface area contributed by atoms with Gasteiger partial charge in [-0.2, -0.15) is 0 Å². The molecule has 0 saturated heterocycles. The molecule has 0 aliphatic heterocycles. The van der Waals surface area contributed by atoms with E-state index in [1.54, 1.807) is 0 Å². The third kappa shape index (κ3) is 4.81. The largest absolute Gasteiger partial charge is 0.466 e. The maximum atomic E-state index is 8.62. The third-order valence-electron chi connectivity index (χ3n) is 2.72. The minimum absolute atomic E-state index is 0.320. The predicted molar refractivity (Wildman–Crippen MR) is 65.4 cm³/mol. The number of unbranched alkanes of at least 4 members (excludes halogenated alkanes) is 3. The monoisotopic (exact) mass is 225 g/mol. The number of aliphatic hydroxyl groups is 1. The van der Waals surface area contributed by atoms with Gasteiger partial charge in [-0.25, -0.2) is 0 Å². The summed E-state index contributed by atoms with van der Waals surface area (Å²) in [6.45, 7) is 6.23. The van der Waals surface area contributed by atoms with Crippen molar-refractivity contribution in [3.63, 3.8) is 0 Å². The second-order valence-electron chi connectivity index (χ2n) is 4.25. The van der Waals surface area contributed by atoms with Crippen molar-refractivity contribution in [1.82, 2.24) is 5.32 Å². The molecule has 0 radical (unpaired) electrons. The van der Waals surface area contributed by atoms with Crippen LogP contribution in [0, 0.1) is 13.8 Å². The van der Waals surface area contributed by atoms with Gasteiger partial charge >= 0.3 is 0 Å². The lowest BCUT2D eigenvalue weighted by Crippen LogP contribution is -2.14. The molecule has 2 N–H and O–H groups in total. The van der Waals surface area contributed by atoms with E-state index in [4.69, 9.17) is 9.52 Å². The van der Waals surface area contributed by atoms with Crippen LogP contribution in [-0.2, 0) is 6.54 Å². The normalized spacial score (nSPS) is 10.9. The van der Waals surface area contributed by atoms with Crippen LogP contribution in [0.1, 0.15) is 42.8 Å². The summed E-state index contributed by atoms with van der Waals surface area (Å²) in [7, 11) is 0. The number of hydrogen-bond donors (Lipinski definition) is 2. The van der Waals surface area contributed by atoms with Crippen molar-refractivity contribution in [2.24, 2.45) is 0 Å². The molecule has 3 heteroatoms. The van der Waals surface area contributed by atoms with E-state index in [9.17, 15) is 0 Å². The number of nitrogens with one attached hydrogen (secondary N) is 1. The van der Waals surface area contributed by atoms with E-state index in [0.717, 1.165) is 37.5 Å². The highest BCUT2D eigenvalue weighted by molar-refractivity contribution is 5.19. The molecular formula is C13H23NO2. The highest BCUT2D eigenvalue weighted by atomic mass is 16.3. The molecule has 0 unspecified atom stereocenters. The topological polar surface area (TPSA) is 45.4 Å². The summed E-state index contributed by atoms with van der Waals surface area (Å²) < 4.78 is 5.46. The Hall–Kier alpha value is -0.800. The SMILES string of the molecule is Cc1cc(CNCCCCCCO)c(C)o1. The van der Waals surface area contributed by atoms with Crippen molar-refractivity contribution in [2.45, 2.75) is 46.1 Å². The van der Waals surface area contributed by atoms with Gasteiger partial charge in [0.1, 0.15) is 11.5 Å². The van der Waals surface area contributed by atoms with Crippen LogP contribution in [0.15, 0.2) is 10.5 Å². The van der Waals surface area contributed by atoms with Gasteiger partial charge < -0.3 is 14.8 Å². The van der Waals surface area contributed by atoms with Gasteiger partial charge in [-0.05, 0) is 39.3 Å². The van der Waals surface area contributed by atoms with Crippen molar-refractivity contribution >= 4 is 0 Å². The summed E-state index contributed by atoms with van der Waals surface area (Å²) in [5.74, 6) is 2.00. The van der Waals surface area contributed by atoms with Gasteiger partial charge in [-0.3, -0.25) is 0 Å². The maximum Gasteiger partial charge on any atom is 0.105 e. The lowest BCUT2D eigenvalue weighted by molar-refractivity contribution is 0.282. The van der Waals surface area contributed by atoms with Crippen LogP contribution in [0.25, 0.3) is 0 Å². The van der Waals surface area contributed by atoms with E-state index >= 15 is 0 Å². The molecule has 1 aromatic heterocycles. The summed E-state index contributed by atoms with van der Waals surface area (Å²) in [5, 5.41) is 12.0. The molecule has 0 amide bonds. The molecule has 0 aromatic carbocycles. The maximum absolute atomic E-state index is 8.62. The van der Waals surface area contributed by atoms with Gasteiger partial charge in [0.25, 0.3) is 0 Å². The first-order chi connectivity index (χ1) is 7.74. The van der Waals surface area contributed by atoms with Crippen LogP contribution in [0.3, 0.4) is 0 Å². The van der Waals surface area contributed by atoms with Crippen LogP contribution in [-0.4, -0.2) is 18.3 Å². The Labute approximate surface area is 97.9 Å². The van der Waals surface area contributed by atoms with Crippen LogP contribution < -0.4 is 5.32 Å². The molecule has 0 saturated carbocycles. The van der Waals surface area contributed by atoms with Crippen molar-refractivity contribution in [3.8, 4) is 0 Å². The number of aryl methyl sites for hydroxylation is 2. The molecule has 16 heavy (non-hydrogen) atoms. The van der Waals surface area contributed by atoms with Crippen molar-refractivity contribution in [3.05, 3.63) is 23.2 Å². The minimum Gasteiger partial charge on any atom is -0.466 e. The first kappa shape index (κ1) is 13.3. The molecular weight excluding hydrogens is 202 g/mol. The molecule has 0 atom stereocenters. The molecule has 1 heterocycles. The quantitative estimate of drug-likeness (QED) is 0.668. The van der Waals surface area contributed by atoms with Gasteiger partial charge in [0.05, 0.1) is 0 Å². The first-order valence-corrected chi connectivity index (χ1v) is 6.11. The first-order valence-electron chi connectivity index (χ1n) is 6.11. The van der Waals surface area contributed by atoms with E-state index in [0.29, 0.717) is 6.61 Å². The summed E-state index contributed by atoms with van der Waals surface area (Å²) in [5.41, 5.74) is 1.26. The number of aliphatic hydroxyl groups excluding tert-OH is 1. The highest BCUT2D eigenvalue weighted by Gasteiger charge is 2.02. The van der Waals surface area contributed by atoms with Crippen molar-refractivity contribution < 1.29 is 9.52 Å². The standard InChI is InChI=1S/C13H23NO2/c1-11-9-13(12(2)16-11)10-14-7-5-3-4-6-8-15/h9,14-15H,3-8,10H2,1-2H3. The molecule has 0 aliphatic carbocycles. The van der Waals surface area contributed by atoms with E-state index < -0.39 is 0 Å². The van der Waals surface area contributed by atoms with Gasteiger partial charge in [0.15, 0.2) is 0 Å². The van der Waals surface area contributed by atoms with E-state index in [1.807, 2.05) is 13.8 Å². The molecule has 1 aromatic rings. The Bertz CT molecular complexity index is 294. The Morgan fingerprint density at radius 3 is 2.56 bits per heavy atom. The molecule has 92 valence electrons. The summed E-state index contributed by atoms with van der Waals surface area (Å²) in [4.78, 5) is 0. The van der Waals surface area contributed by atoms with E-state index in [1.165, 1.54) is 18.4 Å². The molecule has 0 bridgehead atoms. The summed E-state index contributed by atoms with van der Waals surface area (Å²) in [6, 6.07) is 2.09. The fourth-order valence-corrected chi connectivity index (χ4v) is 1.80. The lowest BCUT2D eigenvalue weighted by Gasteiger charge is -2.03. The zero-order valence-electron chi connectivity index (χ0n) is 10.4. The second-order valence-corrected chi connectivity index (χ2v) is 4.25. The fourth-order valence-electron chi connectivity index (χ4n) is 1.80. The van der Waals surface area contributed by atoms with E-state index in [-0.39, 0.29) is 0 Å². The van der Waals surface area contributed by atoms with Gasteiger partial charge in [-0.1, -0.05) is 12.8 Å². The summed E-state index contributed by atoms with van der Waals surface area (Å²) in [6.07, 6.45) is 4.43. The van der Waals surface area contributed by atoms with E-state index in [2.05, 4.69) is 11.4 Å². The van der Waals surface area contributed by atoms with Gasteiger partial charge in [0.2, 0.25) is 0 Å². The molecule has 0 fully saturated rings. The lowest BCUT2D eigenvalue weighted by atomic mass is 10.2. The highest BCUT2D eigenvalue weighted by Crippen LogP contribution is 2.13. The van der Waals surface area contributed by atoms with Crippen molar-refractivity contribution in [1.29, 1.82) is 0 Å². The van der Waals surface area contributed by atoms with Gasteiger partial charge in [-0.15, -0.1) is 0 Å². The average Bonchev–Trinajstić information content (AvgIpc) is 2.56. The van der Waals surface area contributed by atoms with Crippen LogP contribution >= 0.6 is 0 Å². The third-order valence-corrected chi connectivity index (χ3v) is 2.72. The van der Waals surface area contributed by atoms with Crippen LogP contribution in [0.4, 0.5) is 0 Å². The number of furan rings is 1. The average molecular weight is 225 g/mol. The smallest absolute Gasteiger partial charge is 0.105 e. The second kappa shape index (κ2) is 7.47.